The van der Waals surface area contributed by atoms with Crippen LogP contribution in [0.1, 0.15) is 22.3 Å². The van der Waals surface area contributed by atoms with Crippen LogP contribution in [0, 0.1) is 20.8 Å². The van der Waals surface area contributed by atoms with E-state index in [2.05, 4.69) is 10.0 Å². The van der Waals surface area contributed by atoms with Gasteiger partial charge in [0.25, 0.3) is 0 Å². The number of ether oxygens (including phenoxy) is 1. The average Bonchev–Trinajstić information content (AvgIpc) is 2.76. The molecule has 6 nitrogen and oxygen atoms in total. The zero-order valence-electron chi connectivity index (χ0n) is 18.7. The molecule has 0 aliphatic heterocycles. The Balaban J connectivity index is 1.92. The van der Waals surface area contributed by atoms with Crippen LogP contribution >= 0.6 is 0 Å². The molecule has 0 bridgehead atoms. The second-order valence-electron chi connectivity index (χ2n) is 7.81. The van der Waals surface area contributed by atoms with Crippen LogP contribution in [0.3, 0.4) is 0 Å². The molecule has 0 fully saturated rings. The van der Waals surface area contributed by atoms with Gasteiger partial charge in [0.1, 0.15) is 16.7 Å². The van der Waals surface area contributed by atoms with E-state index in [1.54, 1.807) is 25.1 Å². The van der Waals surface area contributed by atoms with E-state index in [0.717, 1.165) is 22.3 Å². The summed E-state index contributed by atoms with van der Waals surface area (Å²) in [5.41, 5.74) is 4.36. The number of hydrogen-bond donors (Lipinski definition) is 2. The molecule has 1 atom stereocenters. The van der Waals surface area contributed by atoms with Crippen LogP contribution in [0.4, 0.5) is 5.69 Å². The van der Waals surface area contributed by atoms with Gasteiger partial charge in [0, 0.05) is 5.69 Å². The zero-order valence-corrected chi connectivity index (χ0v) is 19.5. The molecule has 32 heavy (non-hydrogen) atoms. The Labute approximate surface area is 189 Å². The lowest BCUT2D eigenvalue weighted by atomic mass is 10.1. The maximum absolute atomic E-state index is 13.2. The average molecular weight is 453 g/mol. The molecule has 7 heteroatoms. The normalized spacial score (nSPS) is 12.2. The summed E-state index contributed by atoms with van der Waals surface area (Å²) in [5.74, 6) is -0.219. The van der Waals surface area contributed by atoms with Crippen molar-refractivity contribution >= 4 is 21.6 Å². The van der Waals surface area contributed by atoms with Gasteiger partial charge in [-0.3, -0.25) is 4.79 Å². The molecule has 3 aromatic rings. The highest BCUT2D eigenvalue weighted by molar-refractivity contribution is 7.89. The number of sulfonamides is 1. The minimum absolute atomic E-state index is 0.00274. The van der Waals surface area contributed by atoms with Crippen LogP contribution in [0.5, 0.6) is 5.75 Å². The first kappa shape index (κ1) is 23.5. The summed E-state index contributed by atoms with van der Waals surface area (Å²) in [4.78, 5) is 13.2. The molecule has 3 rings (SSSR count). The van der Waals surface area contributed by atoms with E-state index in [1.165, 1.54) is 13.2 Å². The Morgan fingerprint density at radius 3 is 2.31 bits per heavy atom. The van der Waals surface area contributed by atoms with E-state index < -0.39 is 22.0 Å². The minimum Gasteiger partial charge on any atom is -0.495 e. The fourth-order valence-electron chi connectivity index (χ4n) is 3.33. The highest BCUT2D eigenvalue weighted by atomic mass is 32.2. The largest absolute Gasteiger partial charge is 0.495 e. The molecule has 0 spiro atoms. The number of methoxy groups -OCH3 is 1. The fourth-order valence-corrected chi connectivity index (χ4v) is 4.78. The van der Waals surface area contributed by atoms with Crippen LogP contribution in [-0.4, -0.2) is 27.5 Å². The summed E-state index contributed by atoms with van der Waals surface area (Å²) < 4.78 is 34.3. The van der Waals surface area contributed by atoms with Gasteiger partial charge in [-0.25, -0.2) is 8.42 Å². The summed E-state index contributed by atoms with van der Waals surface area (Å²) in [6, 6.07) is 18.8. The number of amides is 1. The quantitative estimate of drug-likeness (QED) is 0.538. The van der Waals surface area contributed by atoms with Crippen LogP contribution in [0.15, 0.2) is 71.6 Å². The molecule has 0 aromatic heterocycles. The van der Waals surface area contributed by atoms with Crippen molar-refractivity contribution in [2.24, 2.45) is 0 Å². The molecule has 2 N–H and O–H groups in total. The van der Waals surface area contributed by atoms with Gasteiger partial charge in [0.2, 0.25) is 15.9 Å². The van der Waals surface area contributed by atoms with Gasteiger partial charge in [-0.15, -0.1) is 0 Å². The fraction of sp³-hybridized carbons (Fsp3) is 0.240. The summed E-state index contributed by atoms with van der Waals surface area (Å²) in [6.07, 6.45) is 0.199. The van der Waals surface area contributed by atoms with Gasteiger partial charge in [-0.05, 0) is 73.7 Å². The van der Waals surface area contributed by atoms with Crippen LogP contribution in [0.2, 0.25) is 0 Å². The number of aryl methyl sites for hydroxylation is 3. The first-order chi connectivity index (χ1) is 15.2. The lowest BCUT2D eigenvalue weighted by Crippen LogP contribution is -2.45. The third kappa shape index (κ3) is 5.75. The topological polar surface area (TPSA) is 84.5 Å². The van der Waals surface area contributed by atoms with Gasteiger partial charge < -0.3 is 10.1 Å². The standard InChI is InChI=1S/C25H28N2O4S/c1-17-10-13-23(31-4)24(14-17)32(29,30)27-22(16-20-8-6-5-7-9-20)25(28)26-21-12-11-18(2)19(3)15-21/h5-15,22,27H,16H2,1-4H3,(H,26,28)/t22-/m0/s1. The molecule has 168 valence electrons. The summed E-state index contributed by atoms with van der Waals surface area (Å²) in [6.45, 7) is 5.74. The van der Waals surface area contributed by atoms with Gasteiger partial charge in [0.15, 0.2) is 0 Å². The Morgan fingerprint density at radius 1 is 0.938 bits per heavy atom. The van der Waals surface area contributed by atoms with Crippen LogP contribution < -0.4 is 14.8 Å². The number of benzene rings is 3. The van der Waals surface area contributed by atoms with Crippen molar-refractivity contribution < 1.29 is 17.9 Å². The van der Waals surface area contributed by atoms with Gasteiger partial charge >= 0.3 is 0 Å². The van der Waals surface area contributed by atoms with E-state index in [0.29, 0.717) is 5.69 Å². The van der Waals surface area contributed by atoms with Crippen molar-refractivity contribution in [3.05, 3.63) is 89.0 Å². The number of nitrogens with one attached hydrogen (secondary N) is 2. The summed E-state index contributed by atoms with van der Waals surface area (Å²) >= 11 is 0. The number of rotatable bonds is 8. The van der Waals surface area contributed by atoms with Crippen molar-refractivity contribution in [2.45, 2.75) is 38.1 Å². The maximum atomic E-state index is 13.2. The molecule has 3 aromatic carbocycles. The van der Waals surface area contributed by atoms with E-state index in [-0.39, 0.29) is 17.1 Å². The minimum atomic E-state index is -4.03. The molecular formula is C25H28N2O4S. The highest BCUT2D eigenvalue weighted by Gasteiger charge is 2.28. The van der Waals surface area contributed by atoms with Gasteiger partial charge in [-0.1, -0.05) is 42.5 Å². The third-order valence-corrected chi connectivity index (χ3v) is 6.77. The van der Waals surface area contributed by atoms with Gasteiger partial charge in [-0.2, -0.15) is 4.72 Å². The molecule has 0 saturated heterocycles. The Bertz CT molecular complexity index is 1210. The summed E-state index contributed by atoms with van der Waals surface area (Å²) in [7, 11) is -2.62. The molecule has 0 aliphatic rings. The van der Waals surface area contributed by atoms with Crippen molar-refractivity contribution in [3.8, 4) is 5.75 Å². The van der Waals surface area contributed by atoms with Crippen molar-refractivity contribution in [2.75, 3.05) is 12.4 Å². The maximum Gasteiger partial charge on any atom is 0.245 e. The monoisotopic (exact) mass is 452 g/mol. The number of anilines is 1. The van der Waals surface area contributed by atoms with Gasteiger partial charge in [0.05, 0.1) is 7.11 Å². The second kappa shape index (κ2) is 9.97. The molecule has 0 aliphatic carbocycles. The molecule has 0 heterocycles. The SMILES string of the molecule is COc1ccc(C)cc1S(=O)(=O)N[C@@H](Cc1ccccc1)C(=O)Nc1ccc(C)c(C)c1. The number of carbonyl (C=O) groups excluding carboxylic acids is 1. The molecule has 0 unspecified atom stereocenters. The number of carbonyl (C=O) groups is 1. The first-order valence-electron chi connectivity index (χ1n) is 10.3. The second-order valence-corrected chi connectivity index (χ2v) is 9.49. The lowest BCUT2D eigenvalue weighted by molar-refractivity contribution is -0.117. The van der Waals surface area contributed by atoms with E-state index >= 15 is 0 Å². The summed E-state index contributed by atoms with van der Waals surface area (Å²) in [5, 5.41) is 2.85. The highest BCUT2D eigenvalue weighted by Crippen LogP contribution is 2.25. The van der Waals surface area contributed by atoms with Crippen LogP contribution in [0.25, 0.3) is 0 Å². The predicted octanol–water partition coefficient (Wildman–Crippen LogP) is 4.15. The predicted molar refractivity (Wildman–Crippen MR) is 127 cm³/mol. The molecule has 0 saturated carbocycles. The van der Waals surface area contributed by atoms with Crippen molar-refractivity contribution in [1.82, 2.24) is 4.72 Å². The Kier molecular flexibility index (Phi) is 7.33. The number of hydrogen-bond acceptors (Lipinski definition) is 4. The van der Waals surface area contributed by atoms with Crippen LogP contribution in [-0.2, 0) is 21.2 Å². The lowest BCUT2D eigenvalue weighted by Gasteiger charge is -2.20. The first-order valence-corrected chi connectivity index (χ1v) is 11.8. The van der Waals surface area contributed by atoms with E-state index in [1.807, 2.05) is 56.3 Å². The smallest absolute Gasteiger partial charge is 0.245 e. The zero-order chi connectivity index (χ0) is 23.3. The Hall–Kier alpha value is -3.16. The van der Waals surface area contributed by atoms with E-state index in [9.17, 15) is 13.2 Å². The Morgan fingerprint density at radius 2 is 1.66 bits per heavy atom. The van der Waals surface area contributed by atoms with Crippen molar-refractivity contribution in [1.29, 1.82) is 0 Å². The molecule has 0 radical (unpaired) electrons. The molecule has 1 amide bonds. The van der Waals surface area contributed by atoms with E-state index in [4.69, 9.17) is 4.74 Å². The third-order valence-electron chi connectivity index (χ3n) is 5.28. The molecular weight excluding hydrogens is 424 g/mol. The van der Waals surface area contributed by atoms with Crippen molar-refractivity contribution in [3.63, 3.8) is 0 Å².